The van der Waals surface area contributed by atoms with Crippen LogP contribution in [0, 0.1) is 0 Å². The van der Waals surface area contributed by atoms with Crippen molar-refractivity contribution in [2.24, 2.45) is 0 Å². The van der Waals surface area contributed by atoms with Gasteiger partial charge in [0.1, 0.15) is 0 Å². The van der Waals surface area contributed by atoms with Gasteiger partial charge in [0.15, 0.2) is 0 Å². The molecule has 0 aliphatic rings. The molecule has 7 heteroatoms. The van der Waals surface area contributed by atoms with Gasteiger partial charge in [-0.2, -0.15) is 0 Å². The van der Waals surface area contributed by atoms with Crippen molar-refractivity contribution in [3.8, 4) is 0 Å². The summed E-state index contributed by atoms with van der Waals surface area (Å²) in [6, 6.07) is 0. The first-order valence-electron chi connectivity index (χ1n) is 21.2. The molecule has 0 heterocycles. The van der Waals surface area contributed by atoms with Gasteiger partial charge in [0.05, 0.1) is 35.2 Å². The minimum absolute atomic E-state index is 0. The molecule has 0 aliphatic carbocycles. The number of rotatable bonds is 0. The summed E-state index contributed by atoms with van der Waals surface area (Å²) in [5.41, 5.74) is 0. The van der Waals surface area contributed by atoms with E-state index in [4.69, 9.17) is 0 Å². The van der Waals surface area contributed by atoms with Gasteiger partial charge in [-0.1, -0.05) is 249 Å². The Balaban J connectivity index is -0.000000142. The van der Waals surface area contributed by atoms with Gasteiger partial charge in [-0.15, -0.1) is 0 Å². The summed E-state index contributed by atoms with van der Waals surface area (Å²) < 4.78 is 0. The van der Waals surface area contributed by atoms with Crippen LogP contribution in [0.1, 0.15) is 249 Å². The maximum atomic E-state index is 2.40. The average Bonchev–Trinajstić information content (AvgIpc) is 2.61. The Labute approximate surface area is 387 Å². The molecule has 0 bridgehead atoms. The molecule has 0 amide bonds. The van der Waals surface area contributed by atoms with Crippen LogP contribution in [0.15, 0.2) is 0 Å². The molecule has 0 saturated heterocycles. The van der Waals surface area contributed by atoms with Crippen LogP contribution in [0.2, 0.25) is 60.5 Å². The summed E-state index contributed by atoms with van der Waals surface area (Å²) in [7, 11) is -1.56. The zero-order valence-corrected chi connectivity index (χ0v) is 55.8. The summed E-state index contributed by atoms with van der Waals surface area (Å²) >= 11 is 4.00. The standard InChI is InChI=1S/4C12H27Si.Ge2.Ge/c4*1-10(2,3)13(11(4,5)6)12(7,8)9;1-2;/h4*1-9H3;;. The molecule has 0 aromatic heterocycles. The van der Waals surface area contributed by atoms with Crippen LogP contribution in [-0.2, 0) is 0 Å². The molecule has 0 aromatic carbocycles. The molecule has 328 valence electrons. The van der Waals surface area contributed by atoms with Crippen molar-refractivity contribution in [1.82, 2.24) is 0 Å². The van der Waals surface area contributed by atoms with E-state index in [0.29, 0.717) is 60.5 Å². The molecule has 0 rings (SSSR count). The topological polar surface area (TPSA) is 0 Å². The van der Waals surface area contributed by atoms with Crippen LogP contribution < -0.4 is 0 Å². The molecule has 55 heavy (non-hydrogen) atoms. The van der Waals surface area contributed by atoms with Crippen LogP contribution in [0.4, 0.5) is 0 Å². The molecule has 0 N–H and O–H groups in total. The van der Waals surface area contributed by atoms with E-state index in [-0.39, 0.29) is 17.6 Å². The van der Waals surface area contributed by atoms with Gasteiger partial charge >= 0.3 is 28.0 Å². The van der Waals surface area contributed by atoms with E-state index in [0.717, 1.165) is 0 Å². The van der Waals surface area contributed by atoms with Gasteiger partial charge in [0, 0.05) is 17.6 Å². The fourth-order valence-electron chi connectivity index (χ4n) is 13.5. The monoisotopic (exact) mass is 1020 g/mol. The Bertz CT molecular complexity index is 711. The van der Waals surface area contributed by atoms with E-state index in [9.17, 15) is 0 Å². The fourth-order valence-corrected chi connectivity index (χ4v) is 40.5. The molecule has 0 aliphatic heterocycles. The second-order valence-corrected chi connectivity index (χ2v) is 49.5. The molecule has 0 unspecified atom stereocenters. The van der Waals surface area contributed by atoms with Crippen molar-refractivity contribution in [1.29, 1.82) is 0 Å². The molecule has 12 radical (unpaired) electrons. The van der Waals surface area contributed by atoms with Crippen molar-refractivity contribution in [2.75, 3.05) is 0 Å². The average molecular weight is 1020 g/mol. The zero-order chi connectivity index (χ0) is 46.3. The maximum absolute atomic E-state index is 2.40. The summed E-state index contributed by atoms with van der Waals surface area (Å²) in [5.74, 6) is 0. The van der Waals surface area contributed by atoms with Crippen LogP contribution in [0.25, 0.3) is 0 Å². The summed E-state index contributed by atoms with van der Waals surface area (Å²) in [6.45, 7) is 86.4. The third-order valence-corrected chi connectivity index (χ3v) is 27.0. The van der Waals surface area contributed by atoms with Crippen LogP contribution in [0.5, 0.6) is 0 Å². The molecular weight excluding hydrogens is 907 g/mol. The van der Waals surface area contributed by atoms with Gasteiger partial charge in [0.25, 0.3) is 0 Å². The van der Waals surface area contributed by atoms with Gasteiger partial charge in [0.2, 0.25) is 0 Å². The van der Waals surface area contributed by atoms with Crippen molar-refractivity contribution >= 4 is 80.8 Å². The first kappa shape index (κ1) is 69.2. The van der Waals surface area contributed by atoms with E-state index in [2.05, 4.69) is 249 Å². The van der Waals surface area contributed by atoms with Crippen molar-refractivity contribution < 1.29 is 0 Å². The summed E-state index contributed by atoms with van der Waals surface area (Å²) in [4.78, 5) is 0. The molecule has 0 aromatic rings. The van der Waals surface area contributed by atoms with Crippen LogP contribution in [0.3, 0.4) is 0 Å². The summed E-state index contributed by atoms with van der Waals surface area (Å²) in [6.07, 6.45) is 0. The Hall–Kier alpha value is 2.50. The molecule has 0 spiro atoms. The first-order valence-corrected chi connectivity index (χ1v) is 33.8. The second kappa shape index (κ2) is 23.3. The molecule has 0 nitrogen and oxygen atoms in total. The van der Waals surface area contributed by atoms with Crippen LogP contribution in [-0.4, -0.2) is 80.8 Å². The third-order valence-electron chi connectivity index (χ3n) is 9.00. The zero-order valence-electron chi connectivity index (χ0n) is 45.5. The van der Waals surface area contributed by atoms with Gasteiger partial charge in [-0.25, -0.2) is 0 Å². The molecule has 0 saturated carbocycles. The Morgan fingerprint density at radius 1 is 0.164 bits per heavy atom. The normalized spacial score (nSPS) is 14.5. The fraction of sp³-hybridized carbons (Fsp3) is 1.00. The first-order chi connectivity index (χ1) is 22.5. The second-order valence-electron chi connectivity index (χ2n) is 28.5. The van der Waals surface area contributed by atoms with Gasteiger partial charge < -0.3 is 0 Å². The Morgan fingerprint density at radius 3 is 0.200 bits per heavy atom. The number of hydrogen-bond acceptors (Lipinski definition) is 0. The van der Waals surface area contributed by atoms with E-state index in [1.54, 1.807) is 0 Å². The van der Waals surface area contributed by atoms with Crippen molar-refractivity contribution in [3.63, 3.8) is 0 Å². The van der Waals surface area contributed by atoms with Crippen molar-refractivity contribution in [3.05, 3.63) is 0 Å². The third kappa shape index (κ3) is 30.2. The minimum atomic E-state index is -0.391. The molecular formula is C48H108Ge3Si4. The quantitative estimate of drug-likeness (QED) is 0.212. The van der Waals surface area contributed by atoms with Gasteiger partial charge in [-0.05, 0) is 60.5 Å². The van der Waals surface area contributed by atoms with Gasteiger partial charge in [-0.3, -0.25) is 0 Å². The number of hydrogen-bond donors (Lipinski definition) is 0. The Kier molecular flexibility index (Phi) is 29.3. The Morgan fingerprint density at radius 2 is 0.200 bits per heavy atom. The van der Waals surface area contributed by atoms with E-state index in [1.165, 1.54) is 0 Å². The molecule has 0 fully saturated rings. The molecule has 0 atom stereocenters. The predicted octanol–water partition coefficient (Wildman–Crippen LogP) is 18.4. The predicted molar refractivity (Wildman–Crippen MR) is 277 cm³/mol. The van der Waals surface area contributed by atoms with E-state index >= 15 is 0 Å². The summed E-state index contributed by atoms with van der Waals surface area (Å²) in [5, 5.41) is 5.85. The SMILES string of the molecule is CC(C)(C)[Si](C(C)(C)C)C(C)(C)C.CC(C)(C)[Si](C(C)(C)C)C(C)(C)C.CC(C)(C)[Si](C(C)(C)C)C(C)(C)C.CC(C)(C)[Si](C(C)(C)C)C(C)(C)C.[Ge].[Ge]=[Ge]. The van der Waals surface area contributed by atoms with E-state index < -0.39 is 35.2 Å². The van der Waals surface area contributed by atoms with E-state index in [1.807, 2.05) is 28.0 Å². The van der Waals surface area contributed by atoms with Crippen LogP contribution >= 0.6 is 0 Å². The van der Waals surface area contributed by atoms with Crippen molar-refractivity contribution in [2.45, 2.75) is 310 Å².